The van der Waals surface area contributed by atoms with Gasteiger partial charge in [0.25, 0.3) is 0 Å². The van der Waals surface area contributed by atoms with Gasteiger partial charge >= 0.3 is 0 Å². The first-order valence-electron chi connectivity index (χ1n) is 8.13. The first-order valence-corrected chi connectivity index (χ1v) is 8.13. The highest BCUT2D eigenvalue weighted by Crippen LogP contribution is 2.28. The van der Waals surface area contributed by atoms with Crippen molar-refractivity contribution in [1.29, 1.82) is 0 Å². The first-order chi connectivity index (χ1) is 11.7. The van der Waals surface area contributed by atoms with E-state index in [1.165, 1.54) is 5.56 Å². The summed E-state index contributed by atoms with van der Waals surface area (Å²) in [6.07, 6.45) is 5.44. The van der Waals surface area contributed by atoms with Crippen molar-refractivity contribution in [2.75, 3.05) is 0 Å². The van der Waals surface area contributed by atoms with E-state index in [2.05, 4.69) is 36.2 Å². The van der Waals surface area contributed by atoms with Gasteiger partial charge in [-0.15, -0.1) is 0 Å². The maximum atomic E-state index is 10.5. The summed E-state index contributed by atoms with van der Waals surface area (Å²) in [5, 5.41) is 10.5. The Morgan fingerprint density at radius 1 is 1.12 bits per heavy atom. The highest BCUT2D eigenvalue weighted by atomic mass is 16.5. The topological polar surface area (TPSA) is 47.3 Å². The Balaban J connectivity index is 1.64. The van der Waals surface area contributed by atoms with Gasteiger partial charge in [0.05, 0.1) is 12.4 Å². The number of para-hydroxylation sites is 1. The average molecular weight is 322 g/mol. The molecule has 0 saturated heterocycles. The van der Waals surface area contributed by atoms with Crippen LogP contribution in [0.1, 0.15) is 29.2 Å². The fourth-order valence-electron chi connectivity index (χ4n) is 2.58. The van der Waals surface area contributed by atoms with Gasteiger partial charge in [-0.05, 0) is 25.0 Å². The lowest BCUT2D eigenvalue weighted by molar-refractivity contribution is 0.154. The molecule has 124 valence electrons. The number of benzene rings is 2. The number of nitrogens with zero attached hydrogens (tertiary/aromatic N) is 2. The van der Waals surface area contributed by atoms with Gasteiger partial charge in [0.15, 0.2) is 0 Å². The number of aliphatic hydroxyl groups excluding tert-OH is 1. The van der Waals surface area contributed by atoms with Gasteiger partial charge in [0.1, 0.15) is 12.4 Å². The zero-order valence-corrected chi connectivity index (χ0v) is 13.8. The van der Waals surface area contributed by atoms with Crippen LogP contribution in [0.15, 0.2) is 67.3 Å². The minimum Gasteiger partial charge on any atom is -0.489 e. The predicted octanol–water partition coefficient (Wildman–Crippen LogP) is 3.89. The molecule has 1 unspecified atom stereocenters. The number of imidazole rings is 1. The number of ether oxygens (including phenoxy) is 1. The third-order valence-corrected chi connectivity index (χ3v) is 4.01. The summed E-state index contributed by atoms with van der Waals surface area (Å²) in [5.74, 6) is 0.733. The van der Waals surface area contributed by atoms with E-state index < -0.39 is 6.10 Å². The summed E-state index contributed by atoms with van der Waals surface area (Å²) in [4.78, 5) is 4.02. The van der Waals surface area contributed by atoms with Crippen LogP contribution in [0, 0.1) is 6.92 Å². The number of rotatable bonds is 7. The predicted molar refractivity (Wildman–Crippen MR) is 93.8 cm³/mol. The second-order valence-corrected chi connectivity index (χ2v) is 5.92. The van der Waals surface area contributed by atoms with Gasteiger partial charge < -0.3 is 14.4 Å². The van der Waals surface area contributed by atoms with Crippen LogP contribution >= 0.6 is 0 Å². The highest BCUT2D eigenvalue weighted by molar-refractivity contribution is 5.35. The van der Waals surface area contributed by atoms with Crippen LogP contribution in [-0.4, -0.2) is 14.7 Å². The second-order valence-electron chi connectivity index (χ2n) is 5.92. The van der Waals surface area contributed by atoms with Crippen molar-refractivity contribution in [1.82, 2.24) is 9.55 Å². The molecule has 4 nitrogen and oxygen atoms in total. The van der Waals surface area contributed by atoms with Gasteiger partial charge in [0.2, 0.25) is 0 Å². The van der Waals surface area contributed by atoms with Crippen LogP contribution in [0.3, 0.4) is 0 Å². The lowest BCUT2D eigenvalue weighted by Crippen LogP contribution is -2.06. The quantitative estimate of drug-likeness (QED) is 0.718. The number of aryl methyl sites for hydroxylation is 2. The van der Waals surface area contributed by atoms with Crippen LogP contribution in [0.2, 0.25) is 0 Å². The summed E-state index contributed by atoms with van der Waals surface area (Å²) < 4.78 is 7.90. The van der Waals surface area contributed by atoms with Crippen LogP contribution in [0.5, 0.6) is 5.75 Å². The molecule has 4 heteroatoms. The lowest BCUT2D eigenvalue weighted by Gasteiger charge is -2.16. The Morgan fingerprint density at radius 2 is 1.92 bits per heavy atom. The van der Waals surface area contributed by atoms with Crippen molar-refractivity contribution in [2.24, 2.45) is 0 Å². The van der Waals surface area contributed by atoms with Gasteiger partial charge in [0, 0.05) is 24.5 Å². The molecule has 24 heavy (non-hydrogen) atoms. The van der Waals surface area contributed by atoms with Crippen molar-refractivity contribution in [3.63, 3.8) is 0 Å². The maximum absolute atomic E-state index is 10.5. The summed E-state index contributed by atoms with van der Waals surface area (Å²) in [7, 11) is 0. The lowest BCUT2D eigenvalue weighted by atomic mass is 10.1. The van der Waals surface area contributed by atoms with Crippen molar-refractivity contribution >= 4 is 0 Å². The maximum Gasteiger partial charge on any atom is 0.125 e. The van der Waals surface area contributed by atoms with E-state index in [-0.39, 0.29) is 0 Å². The van der Waals surface area contributed by atoms with E-state index in [9.17, 15) is 5.11 Å². The van der Waals surface area contributed by atoms with Gasteiger partial charge in [-0.2, -0.15) is 0 Å². The zero-order chi connectivity index (χ0) is 16.8. The molecule has 0 aliphatic heterocycles. The second kappa shape index (κ2) is 7.79. The average Bonchev–Trinajstić information content (AvgIpc) is 3.13. The minimum absolute atomic E-state index is 0.492. The van der Waals surface area contributed by atoms with Crippen molar-refractivity contribution in [3.8, 4) is 5.75 Å². The monoisotopic (exact) mass is 322 g/mol. The van der Waals surface area contributed by atoms with Crippen LogP contribution in [0.25, 0.3) is 0 Å². The van der Waals surface area contributed by atoms with Crippen LogP contribution < -0.4 is 4.74 Å². The number of aromatic nitrogens is 2. The molecule has 0 amide bonds. The first kappa shape index (κ1) is 16.3. The summed E-state index contributed by atoms with van der Waals surface area (Å²) in [6.45, 7) is 3.27. The molecule has 0 aliphatic rings. The number of aliphatic hydroxyl groups is 1. The fourth-order valence-corrected chi connectivity index (χ4v) is 2.58. The molecule has 0 spiro atoms. The Hall–Kier alpha value is -2.59. The Morgan fingerprint density at radius 3 is 2.67 bits per heavy atom. The van der Waals surface area contributed by atoms with E-state index in [0.717, 1.165) is 16.9 Å². The van der Waals surface area contributed by atoms with E-state index in [0.29, 0.717) is 19.6 Å². The van der Waals surface area contributed by atoms with Gasteiger partial charge in [-0.3, -0.25) is 0 Å². The van der Waals surface area contributed by atoms with Crippen molar-refractivity contribution < 1.29 is 9.84 Å². The molecule has 0 aliphatic carbocycles. The smallest absolute Gasteiger partial charge is 0.125 e. The Labute approximate surface area is 142 Å². The zero-order valence-electron chi connectivity index (χ0n) is 13.8. The van der Waals surface area contributed by atoms with Gasteiger partial charge in [-0.1, -0.05) is 48.0 Å². The molecule has 1 N–H and O–H groups in total. The molecule has 0 bridgehead atoms. The highest BCUT2D eigenvalue weighted by Gasteiger charge is 2.13. The SMILES string of the molecule is Cc1ccc(COc2ccccc2C(O)CCn2ccnc2)cc1. The molecule has 3 aromatic rings. The van der Waals surface area contributed by atoms with E-state index in [1.807, 2.05) is 35.0 Å². The Bertz CT molecular complexity index is 752. The van der Waals surface area contributed by atoms with E-state index in [4.69, 9.17) is 4.74 Å². The van der Waals surface area contributed by atoms with Gasteiger partial charge in [-0.25, -0.2) is 4.98 Å². The third-order valence-electron chi connectivity index (χ3n) is 4.01. The van der Waals surface area contributed by atoms with Crippen molar-refractivity contribution in [3.05, 3.63) is 83.9 Å². The summed E-state index contributed by atoms with van der Waals surface area (Å²) in [6, 6.07) is 16.0. The van der Waals surface area contributed by atoms with Crippen LogP contribution in [-0.2, 0) is 13.2 Å². The molecular weight excluding hydrogens is 300 g/mol. The van der Waals surface area contributed by atoms with Crippen LogP contribution in [0.4, 0.5) is 0 Å². The van der Waals surface area contributed by atoms with E-state index in [1.54, 1.807) is 12.5 Å². The molecule has 0 saturated carbocycles. The molecule has 1 aromatic heterocycles. The number of hydrogen-bond donors (Lipinski definition) is 1. The summed E-state index contributed by atoms with van der Waals surface area (Å²) >= 11 is 0. The summed E-state index contributed by atoms with van der Waals surface area (Å²) in [5.41, 5.74) is 3.17. The standard InChI is InChI=1S/C20H22N2O2/c1-16-6-8-17(9-7-16)14-24-20-5-3-2-4-18(20)19(23)10-12-22-13-11-21-15-22/h2-9,11,13,15,19,23H,10,12,14H2,1H3. The minimum atomic E-state index is -0.568. The molecule has 1 atom stereocenters. The molecule has 2 aromatic carbocycles. The van der Waals surface area contributed by atoms with Crippen molar-refractivity contribution in [2.45, 2.75) is 32.6 Å². The largest absolute Gasteiger partial charge is 0.489 e. The normalized spacial score (nSPS) is 12.1. The third kappa shape index (κ3) is 4.24. The molecular formula is C20H22N2O2. The molecule has 0 fully saturated rings. The Kier molecular flexibility index (Phi) is 5.29. The molecule has 1 heterocycles. The number of hydrogen-bond acceptors (Lipinski definition) is 3. The van der Waals surface area contributed by atoms with E-state index >= 15 is 0 Å². The molecule has 0 radical (unpaired) electrons. The fraction of sp³-hybridized carbons (Fsp3) is 0.250. The molecule has 3 rings (SSSR count).